The molecule has 3 N–H and O–H groups in total. The van der Waals surface area contributed by atoms with E-state index < -0.39 is 0 Å². The number of carbonyl (C=O) groups excluding carboxylic acids is 1. The van der Waals surface area contributed by atoms with E-state index in [4.69, 9.17) is 5.73 Å². The van der Waals surface area contributed by atoms with Gasteiger partial charge in [-0.1, -0.05) is 39.0 Å². The second-order valence-electron chi connectivity index (χ2n) is 7.63. The predicted octanol–water partition coefficient (Wildman–Crippen LogP) is 3.06. The Kier molecular flexibility index (Phi) is 5.91. The molecule has 3 rings (SSSR count). The van der Waals surface area contributed by atoms with Crippen LogP contribution in [0.15, 0.2) is 36.5 Å². The van der Waals surface area contributed by atoms with Crippen LogP contribution < -0.4 is 11.1 Å². The highest BCUT2D eigenvalue weighted by Crippen LogP contribution is 2.31. The molecule has 25 heavy (non-hydrogen) atoms. The number of carbonyl (C=O) groups is 1. The van der Waals surface area contributed by atoms with E-state index in [9.17, 15) is 4.79 Å². The summed E-state index contributed by atoms with van der Waals surface area (Å²) in [6, 6.07) is 9.89. The van der Waals surface area contributed by atoms with Gasteiger partial charge in [0.05, 0.1) is 16.9 Å². The minimum Gasteiger partial charge on any atom is -0.350 e. The molecular weight excluding hydrogens is 336 g/mol. The molecule has 0 radical (unpaired) electrons. The molecule has 1 fully saturated rings. The molecule has 1 aromatic carbocycles. The second kappa shape index (κ2) is 7.58. The third-order valence-corrected chi connectivity index (χ3v) is 4.42. The Hall–Kier alpha value is -1.85. The van der Waals surface area contributed by atoms with Gasteiger partial charge in [-0.15, -0.1) is 12.4 Å². The molecule has 136 valence electrons. The molecule has 1 saturated carbocycles. The summed E-state index contributed by atoms with van der Waals surface area (Å²) in [5.41, 5.74) is 8.23. The van der Waals surface area contributed by atoms with Crippen LogP contribution in [-0.4, -0.2) is 28.3 Å². The van der Waals surface area contributed by atoms with Gasteiger partial charge in [0.2, 0.25) is 0 Å². The van der Waals surface area contributed by atoms with Gasteiger partial charge in [-0.05, 0) is 30.9 Å². The van der Waals surface area contributed by atoms with Gasteiger partial charge in [0.15, 0.2) is 0 Å². The highest BCUT2D eigenvalue weighted by atomic mass is 35.5. The zero-order valence-electron chi connectivity index (χ0n) is 15.0. The molecule has 1 atom stereocenters. The fourth-order valence-electron chi connectivity index (χ4n) is 2.80. The first-order valence-electron chi connectivity index (χ1n) is 8.55. The van der Waals surface area contributed by atoms with E-state index in [-0.39, 0.29) is 29.8 Å². The van der Waals surface area contributed by atoms with Crippen molar-refractivity contribution in [3.63, 3.8) is 0 Å². The van der Waals surface area contributed by atoms with Crippen molar-refractivity contribution in [1.82, 2.24) is 15.1 Å². The molecular formula is C19H27ClN4O. The zero-order valence-corrected chi connectivity index (χ0v) is 15.8. The number of hydrogen-bond acceptors (Lipinski definition) is 3. The first-order valence-corrected chi connectivity index (χ1v) is 8.55. The van der Waals surface area contributed by atoms with E-state index >= 15 is 0 Å². The number of aromatic nitrogens is 2. The largest absolute Gasteiger partial charge is 0.350 e. The van der Waals surface area contributed by atoms with E-state index in [1.165, 1.54) is 12.8 Å². The van der Waals surface area contributed by atoms with E-state index in [1.807, 2.05) is 36.5 Å². The van der Waals surface area contributed by atoms with Crippen LogP contribution in [0.2, 0.25) is 0 Å². The van der Waals surface area contributed by atoms with Gasteiger partial charge in [0, 0.05) is 24.2 Å². The van der Waals surface area contributed by atoms with Crippen LogP contribution in [0.4, 0.5) is 0 Å². The van der Waals surface area contributed by atoms with E-state index in [1.54, 1.807) is 4.68 Å². The van der Waals surface area contributed by atoms with Crippen molar-refractivity contribution in [2.75, 3.05) is 6.54 Å². The number of nitrogens with one attached hydrogen (secondary N) is 1. The summed E-state index contributed by atoms with van der Waals surface area (Å²) in [7, 11) is 0. The molecule has 1 amide bonds. The number of rotatable bonds is 5. The number of halogens is 1. The molecule has 1 aliphatic carbocycles. The fraction of sp³-hybridized carbons (Fsp3) is 0.474. The van der Waals surface area contributed by atoms with Crippen LogP contribution in [-0.2, 0) is 5.41 Å². The standard InChI is InChI=1S/C19H26N4O.ClH/c1-19(2,3)17-15(18(24)21-11-16(20)13-9-10-13)12-23(22-17)14-7-5-4-6-8-14;/h4-8,12-13,16H,9-11,20H2,1-3H3,(H,21,24);1H. The number of nitrogens with two attached hydrogens (primary N) is 1. The first kappa shape index (κ1) is 19.5. The molecule has 0 spiro atoms. The summed E-state index contributed by atoms with van der Waals surface area (Å²) in [6.45, 7) is 6.72. The monoisotopic (exact) mass is 362 g/mol. The topological polar surface area (TPSA) is 72.9 Å². The lowest BCUT2D eigenvalue weighted by atomic mass is 9.89. The van der Waals surface area contributed by atoms with Crippen LogP contribution in [0.1, 0.15) is 49.7 Å². The van der Waals surface area contributed by atoms with Crippen molar-refractivity contribution >= 4 is 18.3 Å². The van der Waals surface area contributed by atoms with Crippen molar-refractivity contribution in [1.29, 1.82) is 0 Å². The molecule has 1 aliphatic rings. The maximum atomic E-state index is 12.7. The number of para-hydroxylation sites is 1. The quantitative estimate of drug-likeness (QED) is 0.858. The molecule has 1 aromatic heterocycles. The SMILES string of the molecule is CC(C)(C)c1nn(-c2ccccc2)cc1C(=O)NCC(N)C1CC1.Cl. The van der Waals surface area contributed by atoms with Crippen molar-refractivity contribution < 1.29 is 4.79 Å². The maximum Gasteiger partial charge on any atom is 0.254 e. The fourth-order valence-corrected chi connectivity index (χ4v) is 2.80. The first-order chi connectivity index (χ1) is 11.4. The summed E-state index contributed by atoms with van der Waals surface area (Å²) in [5.74, 6) is 0.470. The summed E-state index contributed by atoms with van der Waals surface area (Å²) in [6.07, 6.45) is 4.17. The third-order valence-electron chi connectivity index (χ3n) is 4.42. The van der Waals surface area contributed by atoms with Crippen LogP contribution in [0.3, 0.4) is 0 Å². The van der Waals surface area contributed by atoms with Gasteiger partial charge >= 0.3 is 0 Å². The number of amides is 1. The third kappa shape index (κ3) is 4.61. The van der Waals surface area contributed by atoms with Gasteiger partial charge < -0.3 is 11.1 Å². The average Bonchev–Trinajstić information content (AvgIpc) is 3.30. The molecule has 1 heterocycles. The molecule has 2 aromatic rings. The Balaban J connectivity index is 0.00000225. The van der Waals surface area contributed by atoms with E-state index in [0.717, 1.165) is 11.4 Å². The van der Waals surface area contributed by atoms with Crippen molar-refractivity contribution in [2.45, 2.75) is 45.1 Å². The average molecular weight is 363 g/mol. The van der Waals surface area contributed by atoms with Crippen molar-refractivity contribution in [3.05, 3.63) is 47.8 Å². The minimum atomic E-state index is -0.217. The summed E-state index contributed by atoms with van der Waals surface area (Å²) < 4.78 is 1.77. The Morgan fingerprint density at radius 2 is 1.96 bits per heavy atom. The van der Waals surface area contributed by atoms with Gasteiger partial charge in [-0.3, -0.25) is 4.79 Å². The highest BCUT2D eigenvalue weighted by molar-refractivity contribution is 5.95. The smallest absolute Gasteiger partial charge is 0.254 e. The number of benzene rings is 1. The molecule has 1 unspecified atom stereocenters. The molecule has 0 saturated heterocycles. The Labute approximate surface area is 155 Å². The Bertz CT molecular complexity index is 717. The summed E-state index contributed by atoms with van der Waals surface area (Å²) >= 11 is 0. The van der Waals surface area contributed by atoms with Gasteiger partial charge in [-0.25, -0.2) is 4.68 Å². The lowest BCUT2D eigenvalue weighted by molar-refractivity contribution is 0.0948. The van der Waals surface area contributed by atoms with Crippen LogP contribution >= 0.6 is 12.4 Å². The minimum absolute atomic E-state index is 0. The van der Waals surface area contributed by atoms with E-state index in [2.05, 4.69) is 31.2 Å². The summed E-state index contributed by atoms with van der Waals surface area (Å²) in [5, 5.41) is 7.65. The summed E-state index contributed by atoms with van der Waals surface area (Å²) in [4.78, 5) is 12.7. The van der Waals surface area contributed by atoms with Crippen LogP contribution in [0.5, 0.6) is 0 Å². The Morgan fingerprint density at radius 1 is 1.32 bits per heavy atom. The maximum absolute atomic E-state index is 12.7. The molecule has 0 aliphatic heterocycles. The van der Waals surface area contributed by atoms with Gasteiger partial charge in [0.25, 0.3) is 5.91 Å². The van der Waals surface area contributed by atoms with Crippen LogP contribution in [0.25, 0.3) is 5.69 Å². The normalized spacial score (nSPS) is 15.4. The van der Waals surface area contributed by atoms with Gasteiger partial charge in [-0.2, -0.15) is 5.10 Å². The number of nitrogens with zero attached hydrogens (tertiary/aromatic N) is 2. The Morgan fingerprint density at radius 3 is 2.52 bits per heavy atom. The van der Waals surface area contributed by atoms with Gasteiger partial charge in [0.1, 0.15) is 0 Å². The molecule has 5 nitrogen and oxygen atoms in total. The van der Waals surface area contributed by atoms with Crippen molar-refractivity contribution in [2.24, 2.45) is 11.7 Å². The predicted molar refractivity (Wildman–Crippen MR) is 103 cm³/mol. The molecule has 0 bridgehead atoms. The van der Waals surface area contributed by atoms with Crippen molar-refractivity contribution in [3.8, 4) is 5.69 Å². The molecule has 6 heteroatoms. The zero-order chi connectivity index (χ0) is 17.3. The lowest BCUT2D eigenvalue weighted by Crippen LogP contribution is -2.39. The van der Waals surface area contributed by atoms with Crippen LogP contribution in [0, 0.1) is 5.92 Å². The highest BCUT2D eigenvalue weighted by Gasteiger charge is 2.30. The lowest BCUT2D eigenvalue weighted by Gasteiger charge is -2.18. The van der Waals surface area contributed by atoms with E-state index in [0.29, 0.717) is 18.0 Å². The number of hydrogen-bond donors (Lipinski definition) is 2. The second-order valence-corrected chi connectivity index (χ2v) is 7.63.